The number of carbonyl (C=O) groups excluding carboxylic acids is 1. The van der Waals surface area contributed by atoms with Gasteiger partial charge in [0.25, 0.3) is 0 Å². The van der Waals surface area contributed by atoms with E-state index in [4.69, 9.17) is 0 Å². The van der Waals surface area contributed by atoms with Crippen LogP contribution in [-0.2, 0) is 4.79 Å². The molecule has 4 heteroatoms. The van der Waals surface area contributed by atoms with E-state index in [2.05, 4.69) is 21.9 Å². The van der Waals surface area contributed by atoms with Crippen molar-refractivity contribution < 1.29 is 4.79 Å². The number of nitrogens with zero attached hydrogens (tertiary/aromatic N) is 1. The summed E-state index contributed by atoms with van der Waals surface area (Å²) in [5.41, 5.74) is 1.89. The van der Waals surface area contributed by atoms with E-state index in [-0.39, 0.29) is 11.9 Å². The van der Waals surface area contributed by atoms with Crippen LogP contribution in [0.15, 0.2) is 36.9 Å². The van der Waals surface area contributed by atoms with Crippen molar-refractivity contribution in [3.8, 4) is 0 Å². The van der Waals surface area contributed by atoms with E-state index in [9.17, 15) is 4.79 Å². The summed E-state index contributed by atoms with van der Waals surface area (Å²) in [4.78, 5) is 19.0. The molecule has 0 radical (unpaired) electrons. The van der Waals surface area contributed by atoms with Crippen molar-refractivity contribution in [1.29, 1.82) is 0 Å². The Morgan fingerprint density at radius 1 is 1.59 bits per heavy atom. The first kappa shape index (κ1) is 11.4. The van der Waals surface area contributed by atoms with Crippen LogP contribution in [0.25, 0.3) is 11.0 Å². The number of imidazole rings is 1. The van der Waals surface area contributed by atoms with Gasteiger partial charge in [-0.2, -0.15) is 0 Å². The Hall–Kier alpha value is -2.10. The Balaban J connectivity index is 2.16. The lowest BCUT2D eigenvalue weighted by atomic mass is 10.3. The number of amides is 1. The van der Waals surface area contributed by atoms with Gasteiger partial charge >= 0.3 is 0 Å². The van der Waals surface area contributed by atoms with Gasteiger partial charge in [-0.05, 0) is 19.1 Å². The minimum absolute atomic E-state index is 0.0482. The van der Waals surface area contributed by atoms with Crippen LogP contribution in [0.3, 0.4) is 0 Å². The number of aromatic amines is 1. The predicted molar refractivity (Wildman–Crippen MR) is 67.5 cm³/mol. The van der Waals surface area contributed by atoms with Crippen LogP contribution in [0.1, 0.15) is 25.2 Å². The van der Waals surface area contributed by atoms with Crippen LogP contribution in [-0.4, -0.2) is 15.9 Å². The number of rotatable bonds is 4. The zero-order chi connectivity index (χ0) is 12.3. The Bertz CT molecular complexity index is 511. The van der Waals surface area contributed by atoms with E-state index in [1.165, 1.54) is 0 Å². The van der Waals surface area contributed by atoms with Crippen LogP contribution in [0, 0.1) is 0 Å². The second-order valence-corrected chi connectivity index (χ2v) is 3.92. The number of hydrogen-bond acceptors (Lipinski definition) is 2. The molecule has 0 aliphatic rings. The molecule has 0 fully saturated rings. The minimum atomic E-state index is -0.130. The Kier molecular flexibility index (Phi) is 3.23. The number of para-hydroxylation sites is 2. The van der Waals surface area contributed by atoms with Gasteiger partial charge in [0.2, 0.25) is 5.91 Å². The normalized spacial score (nSPS) is 12.3. The minimum Gasteiger partial charge on any atom is -0.346 e. The molecular formula is C13H15N3O. The number of fused-ring (bicyclic) bond motifs is 1. The lowest BCUT2D eigenvalue weighted by Crippen LogP contribution is -2.26. The largest absolute Gasteiger partial charge is 0.346 e. The molecule has 1 heterocycles. The monoisotopic (exact) mass is 229 g/mol. The quantitative estimate of drug-likeness (QED) is 0.790. The average Bonchev–Trinajstić information content (AvgIpc) is 2.72. The Labute approximate surface area is 99.8 Å². The second kappa shape index (κ2) is 4.82. The summed E-state index contributed by atoms with van der Waals surface area (Å²) in [7, 11) is 0. The molecular weight excluding hydrogens is 214 g/mol. The van der Waals surface area contributed by atoms with Crippen LogP contribution in [0.2, 0.25) is 0 Å². The van der Waals surface area contributed by atoms with Crippen molar-refractivity contribution in [2.75, 3.05) is 0 Å². The zero-order valence-corrected chi connectivity index (χ0v) is 9.73. The Morgan fingerprint density at radius 3 is 3.06 bits per heavy atom. The van der Waals surface area contributed by atoms with Gasteiger partial charge in [0.15, 0.2) is 0 Å². The van der Waals surface area contributed by atoms with E-state index in [0.717, 1.165) is 16.9 Å². The Morgan fingerprint density at radius 2 is 2.35 bits per heavy atom. The molecule has 2 rings (SSSR count). The highest BCUT2D eigenvalue weighted by Crippen LogP contribution is 2.15. The van der Waals surface area contributed by atoms with E-state index in [1.807, 2.05) is 31.2 Å². The van der Waals surface area contributed by atoms with Crippen molar-refractivity contribution in [3.05, 3.63) is 42.7 Å². The summed E-state index contributed by atoms with van der Waals surface area (Å²) >= 11 is 0. The maximum Gasteiger partial charge on any atom is 0.224 e. The molecule has 17 heavy (non-hydrogen) atoms. The molecule has 88 valence electrons. The molecule has 1 aromatic heterocycles. The van der Waals surface area contributed by atoms with E-state index in [1.54, 1.807) is 6.08 Å². The predicted octanol–water partition coefficient (Wildman–Crippen LogP) is 2.32. The summed E-state index contributed by atoms with van der Waals surface area (Å²) in [5.74, 6) is 0.719. The number of nitrogens with one attached hydrogen (secondary N) is 2. The first-order chi connectivity index (χ1) is 8.20. The lowest BCUT2D eigenvalue weighted by molar-refractivity contribution is -0.120. The highest BCUT2D eigenvalue weighted by molar-refractivity contribution is 5.78. The molecule has 0 spiro atoms. The van der Waals surface area contributed by atoms with Crippen molar-refractivity contribution in [2.45, 2.75) is 19.4 Å². The third kappa shape index (κ3) is 2.53. The second-order valence-electron chi connectivity index (χ2n) is 3.92. The van der Waals surface area contributed by atoms with Crippen molar-refractivity contribution in [1.82, 2.24) is 15.3 Å². The fraction of sp³-hybridized carbons (Fsp3) is 0.231. The summed E-state index contributed by atoms with van der Waals surface area (Å²) in [6.07, 6.45) is 1.91. The number of aromatic nitrogens is 2. The molecule has 0 bridgehead atoms. The third-order valence-corrected chi connectivity index (χ3v) is 2.53. The van der Waals surface area contributed by atoms with Gasteiger partial charge in [-0.1, -0.05) is 18.2 Å². The van der Waals surface area contributed by atoms with E-state index >= 15 is 0 Å². The van der Waals surface area contributed by atoms with Gasteiger partial charge in [-0.3, -0.25) is 4.79 Å². The molecule has 0 saturated carbocycles. The molecule has 4 nitrogen and oxygen atoms in total. The van der Waals surface area contributed by atoms with Crippen LogP contribution < -0.4 is 5.32 Å². The van der Waals surface area contributed by atoms with Gasteiger partial charge in [-0.15, -0.1) is 6.58 Å². The van der Waals surface area contributed by atoms with Gasteiger partial charge in [-0.25, -0.2) is 4.98 Å². The van der Waals surface area contributed by atoms with Crippen LogP contribution in [0.5, 0.6) is 0 Å². The summed E-state index contributed by atoms with van der Waals surface area (Å²) in [6, 6.07) is 7.66. The molecule has 1 aromatic carbocycles. The summed E-state index contributed by atoms with van der Waals surface area (Å²) in [6.45, 7) is 5.43. The SMILES string of the molecule is C=CCC(=O)NC(C)c1nc2ccccc2[nH]1. The van der Waals surface area contributed by atoms with E-state index < -0.39 is 0 Å². The topological polar surface area (TPSA) is 57.8 Å². The number of hydrogen-bond donors (Lipinski definition) is 2. The molecule has 1 unspecified atom stereocenters. The average molecular weight is 229 g/mol. The van der Waals surface area contributed by atoms with Crippen LogP contribution in [0.4, 0.5) is 0 Å². The molecule has 1 atom stereocenters. The molecule has 0 aliphatic carbocycles. The molecule has 2 N–H and O–H groups in total. The smallest absolute Gasteiger partial charge is 0.224 e. The standard InChI is InChI=1S/C13H15N3O/c1-3-6-12(17)14-9(2)13-15-10-7-4-5-8-11(10)16-13/h3-5,7-9H,1,6H2,2H3,(H,14,17)(H,15,16). The van der Waals surface area contributed by atoms with Crippen LogP contribution >= 0.6 is 0 Å². The maximum absolute atomic E-state index is 11.4. The molecule has 1 amide bonds. The number of benzene rings is 1. The lowest BCUT2D eigenvalue weighted by Gasteiger charge is -2.09. The molecule has 0 aliphatic heterocycles. The number of H-pyrrole nitrogens is 1. The summed E-state index contributed by atoms with van der Waals surface area (Å²) < 4.78 is 0. The highest BCUT2D eigenvalue weighted by atomic mass is 16.1. The van der Waals surface area contributed by atoms with Crippen molar-refractivity contribution >= 4 is 16.9 Å². The number of carbonyl (C=O) groups is 1. The zero-order valence-electron chi connectivity index (χ0n) is 9.73. The first-order valence-electron chi connectivity index (χ1n) is 5.55. The van der Waals surface area contributed by atoms with Crippen molar-refractivity contribution in [2.24, 2.45) is 0 Å². The fourth-order valence-electron chi connectivity index (χ4n) is 1.68. The van der Waals surface area contributed by atoms with Gasteiger partial charge in [0.05, 0.1) is 17.1 Å². The van der Waals surface area contributed by atoms with Gasteiger partial charge < -0.3 is 10.3 Å². The molecule has 0 saturated heterocycles. The highest BCUT2D eigenvalue weighted by Gasteiger charge is 2.12. The van der Waals surface area contributed by atoms with E-state index in [0.29, 0.717) is 6.42 Å². The molecule has 2 aromatic rings. The first-order valence-corrected chi connectivity index (χ1v) is 5.55. The van der Waals surface area contributed by atoms with Crippen molar-refractivity contribution in [3.63, 3.8) is 0 Å². The van der Waals surface area contributed by atoms with Gasteiger partial charge in [0.1, 0.15) is 5.82 Å². The fourth-order valence-corrected chi connectivity index (χ4v) is 1.68. The maximum atomic E-state index is 11.4. The third-order valence-electron chi connectivity index (χ3n) is 2.53. The summed E-state index contributed by atoms with van der Waals surface area (Å²) in [5, 5.41) is 2.85. The van der Waals surface area contributed by atoms with Gasteiger partial charge in [0, 0.05) is 6.42 Å².